The van der Waals surface area contributed by atoms with E-state index in [2.05, 4.69) is 5.32 Å². The van der Waals surface area contributed by atoms with Gasteiger partial charge in [-0.1, -0.05) is 0 Å². The molecule has 0 radical (unpaired) electrons. The average molecular weight is 267 g/mol. The van der Waals surface area contributed by atoms with E-state index >= 15 is 0 Å². The Kier molecular flexibility index (Phi) is 3.91. The van der Waals surface area contributed by atoms with Gasteiger partial charge in [0.1, 0.15) is 5.69 Å². The third-order valence-corrected chi connectivity index (χ3v) is 2.93. The minimum absolute atomic E-state index is 0.0368. The van der Waals surface area contributed by atoms with Gasteiger partial charge in [-0.05, 0) is 18.9 Å². The largest absolute Gasteiger partial charge is 0.377 e. The second kappa shape index (κ2) is 5.61. The summed E-state index contributed by atoms with van der Waals surface area (Å²) in [6, 6.07) is 3.55. The smallest absolute Gasteiger partial charge is 0.299 e. The van der Waals surface area contributed by atoms with Crippen molar-refractivity contribution in [2.45, 2.75) is 18.9 Å². The van der Waals surface area contributed by atoms with Crippen LogP contribution in [0.4, 0.5) is 17.1 Å². The Bertz CT molecular complexity index is 499. The van der Waals surface area contributed by atoms with Crippen LogP contribution in [0.1, 0.15) is 12.8 Å². The molecule has 1 aliphatic rings. The first-order chi connectivity index (χ1) is 9.08. The normalized spacial score (nSPS) is 18.2. The maximum Gasteiger partial charge on any atom is 0.299 e. The first kappa shape index (κ1) is 13.2. The van der Waals surface area contributed by atoms with Crippen molar-refractivity contribution in [1.82, 2.24) is 0 Å². The zero-order valence-corrected chi connectivity index (χ0v) is 10.1. The van der Waals surface area contributed by atoms with Crippen LogP contribution < -0.4 is 5.32 Å². The zero-order chi connectivity index (χ0) is 13.8. The Balaban J connectivity index is 2.14. The van der Waals surface area contributed by atoms with E-state index in [1.807, 2.05) is 0 Å². The van der Waals surface area contributed by atoms with E-state index < -0.39 is 9.85 Å². The van der Waals surface area contributed by atoms with E-state index in [1.165, 1.54) is 12.1 Å². The van der Waals surface area contributed by atoms with Gasteiger partial charge in [0, 0.05) is 19.2 Å². The molecule has 0 spiro atoms. The summed E-state index contributed by atoms with van der Waals surface area (Å²) in [5.74, 6) is 0. The Hall–Kier alpha value is -2.22. The first-order valence-electron chi connectivity index (χ1n) is 5.86. The molecule has 1 N–H and O–H groups in total. The number of benzene rings is 1. The van der Waals surface area contributed by atoms with Gasteiger partial charge in [-0.15, -0.1) is 0 Å². The fourth-order valence-electron chi connectivity index (χ4n) is 1.96. The van der Waals surface area contributed by atoms with Crippen molar-refractivity contribution in [2.75, 3.05) is 18.5 Å². The molecular weight excluding hydrogens is 254 g/mol. The average Bonchev–Trinajstić information content (AvgIpc) is 2.89. The summed E-state index contributed by atoms with van der Waals surface area (Å²) in [6.45, 7) is 1.16. The molecule has 1 saturated heterocycles. The molecule has 1 aliphatic heterocycles. The summed E-state index contributed by atoms with van der Waals surface area (Å²) in [5.41, 5.74) is -0.326. The quantitative estimate of drug-likeness (QED) is 0.646. The van der Waals surface area contributed by atoms with Gasteiger partial charge in [0.05, 0.1) is 22.0 Å². The standard InChI is InChI=1S/C11H13N3O5/c15-13(16)8-3-4-10(11(6-8)14(17)18)12-7-9-2-1-5-19-9/h3-4,6,9,12H,1-2,5,7H2. The van der Waals surface area contributed by atoms with Crippen molar-refractivity contribution in [3.8, 4) is 0 Å². The van der Waals surface area contributed by atoms with Crippen LogP contribution in [0.3, 0.4) is 0 Å². The predicted octanol–water partition coefficient (Wildman–Crippen LogP) is 2.09. The fourth-order valence-corrected chi connectivity index (χ4v) is 1.96. The number of ether oxygens (including phenoxy) is 1. The van der Waals surface area contributed by atoms with Gasteiger partial charge in [-0.25, -0.2) is 0 Å². The number of rotatable bonds is 5. The second-order valence-corrected chi connectivity index (χ2v) is 4.23. The molecule has 1 aromatic rings. The SMILES string of the molecule is O=[N+]([O-])c1ccc(NCC2CCCO2)c([N+](=O)[O-])c1. The van der Waals surface area contributed by atoms with Crippen LogP contribution in [0, 0.1) is 20.2 Å². The van der Waals surface area contributed by atoms with E-state index in [4.69, 9.17) is 4.74 Å². The summed E-state index contributed by atoms with van der Waals surface area (Å²) in [7, 11) is 0. The Morgan fingerprint density at radius 2 is 2.11 bits per heavy atom. The summed E-state index contributed by atoms with van der Waals surface area (Å²) in [4.78, 5) is 20.2. The Morgan fingerprint density at radius 1 is 1.32 bits per heavy atom. The van der Waals surface area contributed by atoms with E-state index in [0.717, 1.165) is 18.9 Å². The number of nitro benzene ring substituents is 2. The van der Waals surface area contributed by atoms with Gasteiger partial charge < -0.3 is 10.1 Å². The summed E-state index contributed by atoms with van der Waals surface area (Å²) >= 11 is 0. The molecule has 8 heteroatoms. The van der Waals surface area contributed by atoms with Gasteiger partial charge in [-0.3, -0.25) is 20.2 Å². The Labute approximate surface area is 108 Å². The van der Waals surface area contributed by atoms with Crippen molar-refractivity contribution < 1.29 is 14.6 Å². The number of non-ortho nitro benzene ring substituents is 1. The molecular formula is C11H13N3O5. The van der Waals surface area contributed by atoms with Crippen LogP contribution in [-0.4, -0.2) is 29.1 Å². The predicted molar refractivity (Wildman–Crippen MR) is 67.2 cm³/mol. The highest BCUT2D eigenvalue weighted by molar-refractivity contribution is 5.65. The van der Waals surface area contributed by atoms with Gasteiger partial charge in [0.2, 0.25) is 0 Å². The molecule has 1 aromatic carbocycles. The van der Waals surface area contributed by atoms with E-state index in [-0.39, 0.29) is 23.2 Å². The van der Waals surface area contributed by atoms with E-state index in [1.54, 1.807) is 0 Å². The van der Waals surface area contributed by atoms with Crippen LogP contribution in [0.5, 0.6) is 0 Å². The molecule has 1 unspecified atom stereocenters. The number of anilines is 1. The minimum Gasteiger partial charge on any atom is -0.377 e. The zero-order valence-electron chi connectivity index (χ0n) is 10.1. The topological polar surface area (TPSA) is 108 Å². The van der Waals surface area contributed by atoms with E-state index in [0.29, 0.717) is 13.2 Å². The fraction of sp³-hybridized carbons (Fsp3) is 0.455. The number of hydrogen-bond acceptors (Lipinski definition) is 6. The van der Waals surface area contributed by atoms with Crippen molar-refractivity contribution in [2.24, 2.45) is 0 Å². The lowest BCUT2D eigenvalue weighted by Gasteiger charge is -2.11. The molecule has 8 nitrogen and oxygen atoms in total. The lowest BCUT2D eigenvalue weighted by Crippen LogP contribution is -2.18. The highest BCUT2D eigenvalue weighted by Crippen LogP contribution is 2.29. The first-order valence-corrected chi connectivity index (χ1v) is 5.86. The minimum atomic E-state index is -0.656. The maximum atomic E-state index is 10.9. The molecule has 1 fully saturated rings. The summed E-state index contributed by atoms with van der Waals surface area (Å²) in [5, 5.41) is 24.4. The van der Waals surface area contributed by atoms with Gasteiger partial charge in [0.25, 0.3) is 11.4 Å². The molecule has 1 heterocycles. The molecule has 1 atom stereocenters. The maximum absolute atomic E-state index is 10.9. The van der Waals surface area contributed by atoms with Crippen molar-refractivity contribution in [1.29, 1.82) is 0 Å². The summed E-state index contributed by atoms with van der Waals surface area (Å²) < 4.78 is 5.40. The Morgan fingerprint density at radius 3 is 2.68 bits per heavy atom. The van der Waals surface area contributed by atoms with Gasteiger partial charge in [-0.2, -0.15) is 0 Å². The number of nitro groups is 2. The third kappa shape index (κ3) is 3.16. The van der Waals surface area contributed by atoms with Gasteiger partial charge >= 0.3 is 0 Å². The third-order valence-electron chi connectivity index (χ3n) is 2.93. The van der Waals surface area contributed by atoms with Crippen LogP contribution >= 0.6 is 0 Å². The van der Waals surface area contributed by atoms with Crippen LogP contribution in [0.15, 0.2) is 18.2 Å². The number of nitrogens with zero attached hydrogens (tertiary/aromatic N) is 2. The molecule has 2 rings (SSSR count). The monoisotopic (exact) mass is 267 g/mol. The van der Waals surface area contributed by atoms with E-state index in [9.17, 15) is 20.2 Å². The lowest BCUT2D eigenvalue weighted by molar-refractivity contribution is -0.393. The lowest BCUT2D eigenvalue weighted by atomic mass is 10.2. The summed E-state index contributed by atoms with van der Waals surface area (Å²) in [6.07, 6.45) is 1.93. The molecule has 19 heavy (non-hydrogen) atoms. The molecule has 0 amide bonds. The molecule has 102 valence electrons. The second-order valence-electron chi connectivity index (χ2n) is 4.23. The highest BCUT2D eigenvalue weighted by atomic mass is 16.6. The van der Waals surface area contributed by atoms with Gasteiger partial charge in [0.15, 0.2) is 0 Å². The molecule has 0 aliphatic carbocycles. The number of hydrogen-bond donors (Lipinski definition) is 1. The highest BCUT2D eigenvalue weighted by Gasteiger charge is 2.21. The van der Waals surface area contributed by atoms with Crippen molar-refractivity contribution in [3.63, 3.8) is 0 Å². The van der Waals surface area contributed by atoms with Crippen LogP contribution in [0.2, 0.25) is 0 Å². The molecule has 0 bridgehead atoms. The van der Waals surface area contributed by atoms with Crippen molar-refractivity contribution in [3.05, 3.63) is 38.4 Å². The molecule has 0 saturated carbocycles. The van der Waals surface area contributed by atoms with Crippen molar-refractivity contribution >= 4 is 17.1 Å². The molecule has 0 aromatic heterocycles. The number of nitrogens with one attached hydrogen (secondary N) is 1. The van der Waals surface area contributed by atoms with Crippen LogP contribution in [-0.2, 0) is 4.74 Å². The van der Waals surface area contributed by atoms with Crippen LogP contribution in [0.25, 0.3) is 0 Å².